The molecule has 0 aromatic rings. The lowest BCUT2D eigenvalue weighted by Crippen LogP contribution is -2.49. The molecule has 122 valence electrons. The number of hydrogen-bond donors (Lipinski definition) is 2. The molecule has 21 heavy (non-hydrogen) atoms. The van der Waals surface area contributed by atoms with Gasteiger partial charge in [-0.2, -0.15) is 0 Å². The highest BCUT2D eigenvalue weighted by atomic mass is 16.3. The topological polar surface area (TPSA) is 69.6 Å². The van der Waals surface area contributed by atoms with Crippen LogP contribution in [0.1, 0.15) is 53.4 Å². The van der Waals surface area contributed by atoms with Crippen molar-refractivity contribution in [3.8, 4) is 0 Å². The molecule has 1 rings (SSSR count). The summed E-state index contributed by atoms with van der Waals surface area (Å²) >= 11 is 0. The molecule has 5 heteroatoms. The van der Waals surface area contributed by atoms with Crippen molar-refractivity contribution < 1.29 is 14.7 Å². The number of carbonyl (C=O) groups excluding carboxylic acids is 2. The van der Waals surface area contributed by atoms with Gasteiger partial charge < -0.3 is 15.3 Å². The predicted octanol–water partition coefficient (Wildman–Crippen LogP) is 1.55. The zero-order valence-electron chi connectivity index (χ0n) is 13.8. The SMILES string of the molecule is CC(CO)CCCNC(=O)C1CCCN1C(=O)C(C)(C)C. The summed E-state index contributed by atoms with van der Waals surface area (Å²) in [6.45, 7) is 9.12. The molecule has 0 aromatic heterocycles. The van der Waals surface area contributed by atoms with Crippen LogP contribution < -0.4 is 5.32 Å². The van der Waals surface area contributed by atoms with Gasteiger partial charge in [-0.1, -0.05) is 27.7 Å². The van der Waals surface area contributed by atoms with Crippen molar-refractivity contribution in [2.75, 3.05) is 19.7 Å². The van der Waals surface area contributed by atoms with E-state index in [-0.39, 0.29) is 30.4 Å². The Hall–Kier alpha value is -1.10. The number of amides is 2. The number of nitrogens with zero attached hydrogens (tertiary/aromatic N) is 1. The Kier molecular flexibility index (Phi) is 6.65. The van der Waals surface area contributed by atoms with Crippen LogP contribution >= 0.6 is 0 Å². The van der Waals surface area contributed by atoms with Crippen LogP contribution in [0.15, 0.2) is 0 Å². The van der Waals surface area contributed by atoms with Crippen molar-refractivity contribution in [3.05, 3.63) is 0 Å². The molecule has 0 radical (unpaired) electrons. The lowest BCUT2D eigenvalue weighted by atomic mass is 9.94. The fourth-order valence-corrected chi connectivity index (χ4v) is 2.58. The number of aliphatic hydroxyl groups excluding tert-OH is 1. The van der Waals surface area contributed by atoms with E-state index in [0.717, 1.165) is 25.7 Å². The predicted molar refractivity (Wildman–Crippen MR) is 82.7 cm³/mol. The molecule has 2 atom stereocenters. The van der Waals surface area contributed by atoms with Gasteiger partial charge in [0.25, 0.3) is 0 Å². The van der Waals surface area contributed by atoms with E-state index in [1.807, 2.05) is 27.7 Å². The van der Waals surface area contributed by atoms with Crippen molar-refractivity contribution in [2.45, 2.75) is 59.4 Å². The van der Waals surface area contributed by atoms with Crippen LogP contribution in [0.5, 0.6) is 0 Å². The molecule has 1 saturated heterocycles. The number of aliphatic hydroxyl groups is 1. The number of nitrogens with one attached hydrogen (secondary N) is 1. The first kappa shape index (κ1) is 18.0. The van der Waals surface area contributed by atoms with Crippen molar-refractivity contribution in [1.29, 1.82) is 0 Å². The summed E-state index contributed by atoms with van der Waals surface area (Å²) in [5.74, 6) is 0.281. The van der Waals surface area contributed by atoms with E-state index < -0.39 is 5.41 Å². The summed E-state index contributed by atoms with van der Waals surface area (Å²) in [4.78, 5) is 26.3. The van der Waals surface area contributed by atoms with Crippen LogP contribution in [0.4, 0.5) is 0 Å². The molecular weight excluding hydrogens is 268 g/mol. The van der Waals surface area contributed by atoms with Gasteiger partial charge in [-0.15, -0.1) is 0 Å². The zero-order valence-corrected chi connectivity index (χ0v) is 13.8. The Labute approximate surface area is 128 Å². The van der Waals surface area contributed by atoms with Crippen LogP contribution in [0, 0.1) is 11.3 Å². The maximum atomic E-state index is 12.4. The summed E-state index contributed by atoms with van der Waals surface area (Å²) in [5, 5.41) is 11.9. The minimum Gasteiger partial charge on any atom is -0.396 e. The molecule has 0 aromatic carbocycles. The molecule has 1 heterocycles. The second-order valence-electron chi connectivity index (χ2n) is 7.13. The monoisotopic (exact) mass is 298 g/mol. The van der Waals surface area contributed by atoms with Gasteiger partial charge in [0.15, 0.2) is 0 Å². The largest absolute Gasteiger partial charge is 0.396 e. The highest BCUT2D eigenvalue weighted by Gasteiger charge is 2.38. The molecule has 0 bridgehead atoms. The highest BCUT2D eigenvalue weighted by Crippen LogP contribution is 2.25. The van der Waals surface area contributed by atoms with Gasteiger partial charge in [0, 0.05) is 25.1 Å². The van der Waals surface area contributed by atoms with E-state index in [1.54, 1.807) is 4.90 Å². The fourth-order valence-electron chi connectivity index (χ4n) is 2.58. The van der Waals surface area contributed by atoms with E-state index in [0.29, 0.717) is 13.1 Å². The summed E-state index contributed by atoms with van der Waals surface area (Å²) < 4.78 is 0. The zero-order chi connectivity index (χ0) is 16.0. The van der Waals surface area contributed by atoms with Gasteiger partial charge in [0.1, 0.15) is 6.04 Å². The van der Waals surface area contributed by atoms with E-state index in [1.165, 1.54) is 0 Å². The second-order valence-corrected chi connectivity index (χ2v) is 7.13. The van der Waals surface area contributed by atoms with E-state index in [2.05, 4.69) is 5.32 Å². The Morgan fingerprint density at radius 1 is 1.38 bits per heavy atom. The van der Waals surface area contributed by atoms with Gasteiger partial charge in [-0.25, -0.2) is 0 Å². The van der Waals surface area contributed by atoms with Crippen molar-refractivity contribution >= 4 is 11.8 Å². The Morgan fingerprint density at radius 2 is 2.05 bits per heavy atom. The first-order valence-corrected chi connectivity index (χ1v) is 7.97. The third-order valence-corrected chi connectivity index (χ3v) is 3.94. The normalized spacial score (nSPS) is 20.4. The van der Waals surface area contributed by atoms with E-state index >= 15 is 0 Å². The van der Waals surface area contributed by atoms with Crippen LogP contribution in [0.25, 0.3) is 0 Å². The van der Waals surface area contributed by atoms with Crippen LogP contribution in [0.3, 0.4) is 0 Å². The third kappa shape index (κ3) is 5.30. The minimum atomic E-state index is -0.445. The number of rotatable bonds is 6. The molecule has 1 aliphatic heterocycles. The number of carbonyl (C=O) groups is 2. The smallest absolute Gasteiger partial charge is 0.242 e. The molecule has 1 fully saturated rings. The number of likely N-dealkylation sites (tertiary alicyclic amines) is 1. The molecule has 1 aliphatic rings. The second kappa shape index (κ2) is 7.78. The van der Waals surface area contributed by atoms with Crippen LogP contribution in [0.2, 0.25) is 0 Å². The fraction of sp³-hybridized carbons (Fsp3) is 0.875. The summed E-state index contributed by atoms with van der Waals surface area (Å²) in [5.41, 5.74) is -0.445. The Morgan fingerprint density at radius 3 is 2.62 bits per heavy atom. The average molecular weight is 298 g/mol. The molecule has 5 nitrogen and oxygen atoms in total. The first-order valence-electron chi connectivity index (χ1n) is 7.97. The lowest BCUT2D eigenvalue weighted by molar-refractivity contribution is -0.144. The van der Waals surface area contributed by atoms with E-state index in [4.69, 9.17) is 5.11 Å². The Bertz CT molecular complexity index is 363. The molecule has 2 N–H and O–H groups in total. The maximum Gasteiger partial charge on any atom is 0.242 e. The van der Waals surface area contributed by atoms with Crippen LogP contribution in [-0.2, 0) is 9.59 Å². The molecule has 0 saturated carbocycles. The van der Waals surface area contributed by atoms with Crippen molar-refractivity contribution in [3.63, 3.8) is 0 Å². The summed E-state index contributed by atoms with van der Waals surface area (Å²) in [6.07, 6.45) is 3.39. The van der Waals surface area contributed by atoms with Crippen molar-refractivity contribution in [1.82, 2.24) is 10.2 Å². The van der Waals surface area contributed by atoms with Gasteiger partial charge in [-0.05, 0) is 31.6 Å². The lowest BCUT2D eigenvalue weighted by Gasteiger charge is -2.30. The summed E-state index contributed by atoms with van der Waals surface area (Å²) in [6, 6.07) is -0.313. The van der Waals surface area contributed by atoms with Crippen LogP contribution in [-0.4, -0.2) is 47.6 Å². The van der Waals surface area contributed by atoms with Gasteiger partial charge in [0.2, 0.25) is 11.8 Å². The van der Waals surface area contributed by atoms with Crippen molar-refractivity contribution in [2.24, 2.45) is 11.3 Å². The quantitative estimate of drug-likeness (QED) is 0.731. The van der Waals surface area contributed by atoms with Gasteiger partial charge in [-0.3, -0.25) is 9.59 Å². The first-order chi connectivity index (χ1) is 9.77. The molecular formula is C16H30N2O3. The average Bonchev–Trinajstić information content (AvgIpc) is 2.90. The van der Waals surface area contributed by atoms with Gasteiger partial charge >= 0.3 is 0 Å². The standard InChI is InChI=1S/C16H30N2O3/c1-12(11-19)7-5-9-17-14(20)13-8-6-10-18(13)15(21)16(2,3)4/h12-13,19H,5-11H2,1-4H3,(H,17,20). The molecule has 0 aliphatic carbocycles. The minimum absolute atomic E-state index is 0.0400. The maximum absolute atomic E-state index is 12.4. The molecule has 0 spiro atoms. The number of hydrogen-bond acceptors (Lipinski definition) is 3. The Balaban J connectivity index is 2.44. The summed E-state index contributed by atoms with van der Waals surface area (Å²) in [7, 11) is 0. The highest BCUT2D eigenvalue weighted by molar-refractivity contribution is 5.90. The third-order valence-electron chi connectivity index (χ3n) is 3.94. The molecule has 2 amide bonds. The van der Waals surface area contributed by atoms with Gasteiger partial charge in [0.05, 0.1) is 0 Å². The molecule has 2 unspecified atom stereocenters. The van der Waals surface area contributed by atoms with E-state index in [9.17, 15) is 9.59 Å².